The quantitative estimate of drug-likeness (QED) is 0.755. The molecule has 1 fully saturated rings. The van der Waals surface area contributed by atoms with Gasteiger partial charge in [0.1, 0.15) is 0 Å². The van der Waals surface area contributed by atoms with Crippen LogP contribution < -0.4 is 0 Å². The lowest BCUT2D eigenvalue weighted by atomic mass is 9.86. The lowest BCUT2D eigenvalue weighted by Gasteiger charge is -2.39. The molecule has 0 aromatic rings. The van der Waals surface area contributed by atoms with Crippen LogP contribution in [-0.4, -0.2) is 36.6 Å². The average Bonchev–Trinajstić information content (AvgIpc) is 2.38. The number of carbonyl (C=O) groups excluding carboxylic acids is 1. The molecule has 0 aromatic carbocycles. The van der Waals surface area contributed by atoms with Gasteiger partial charge >= 0.3 is 0 Å². The molecule has 0 saturated carbocycles. The number of methoxy groups -OCH3 is 1. The van der Waals surface area contributed by atoms with Gasteiger partial charge in [-0.05, 0) is 6.42 Å². The highest BCUT2D eigenvalue weighted by atomic mass is 16.5. The van der Waals surface area contributed by atoms with Crippen molar-refractivity contribution in [1.29, 1.82) is 5.26 Å². The molecule has 4 heteroatoms. The fourth-order valence-electron chi connectivity index (χ4n) is 2.01. The molecule has 1 aliphatic heterocycles. The molecule has 17 heavy (non-hydrogen) atoms. The van der Waals surface area contributed by atoms with Crippen molar-refractivity contribution in [2.45, 2.75) is 45.6 Å². The molecule has 96 valence electrons. The van der Waals surface area contributed by atoms with Gasteiger partial charge in [0.15, 0.2) is 5.60 Å². The fraction of sp³-hybridized carbons (Fsp3) is 0.846. The number of nitrogens with zero attached hydrogens (tertiary/aromatic N) is 2. The Labute approximate surface area is 104 Å². The largest absolute Gasteiger partial charge is 0.363 e. The van der Waals surface area contributed by atoms with E-state index < -0.39 is 5.60 Å². The summed E-state index contributed by atoms with van der Waals surface area (Å²) in [5.41, 5.74) is -0.993. The minimum Gasteiger partial charge on any atom is -0.363 e. The van der Waals surface area contributed by atoms with E-state index in [-0.39, 0.29) is 11.3 Å². The van der Waals surface area contributed by atoms with Gasteiger partial charge in [0.05, 0.1) is 6.07 Å². The van der Waals surface area contributed by atoms with Gasteiger partial charge in [-0.3, -0.25) is 4.79 Å². The Morgan fingerprint density at radius 1 is 1.47 bits per heavy atom. The molecule has 1 rings (SSSR count). The lowest BCUT2D eigenvalue weighted by Crippen LogP contribution is -2.50. The van der Waals surface area contributed by atoms with E-state index in [1.54, 1.807) is 7.11 Å². The number of ether oxygens (including phenoxy) is 1. The van der Waals surface area contributed by atoms with Crippen LogP contribution >= 0.6 is 0 Å². The number of hydrogen-bond acceptors (Lipinski definition) is 3. The first-order valence-corrected chi connectivity index (χ1v) is 6.16. The number of carbonyl (C=O) groups is 1. The van der Waals surface area contributed by atoms with Gasteiger partial charge < -0.3 is 9.64 Å². The molecule has 1 heterocycles. The van der Waals surface area contributed by atoms with E-state index in [0.717, 1.165) is 6.42 Å². The van der Waals surface area contributed by atoms with Crippen molar-refractivity contribution >= 4 is 5.91 Å². The Morgan fingerprint density at radius 2 is 2.00 bits per heavy atom. The Bertz CT molecular complexity index is 323. The Balaban J connectivity index is 2.65. The maximum Gasteiger partial charge on any atom is 0.228 e. The summed E-state index contributed by atoms with van der Waals surface area (Å²) in [6, 6.07) is 2.22. The van der Waals surface area contributed by atoms with E-state index in [2.05, 4.69) is 6.07 Å². The van der Waals surface area contributed by atoms with Crippen LogP contribution in [0, 0.1) is 16.7 Å². The van der Waals surface area contributed by atoms with Crippen LogP contribution in [0.1, 0.15) is 40.0 Å². The number of piperidine rings is 1. The average molecular weight is 238 g/mol. The molecule has 0 atom stereocenters. The van der Waals surface area contributed by atoms with E-state index in [0.29, 0.717) is 25.9 Å². The molecule has 4 nitrogen and oxygen atoms in total. The van der Waals surface area contributed by atoms with E-state index in [4.69, 9.17) is 10.00 Å². The predicted molar refractivity (Wildman–Crippen MR) is 65.2 cm³/mol. The van der Waals surface area contributed by atoms with E-state index in [1.807, 2.05) is 25.7 Å². The van der Waals surface area contributed by atoms with Crippen molar-refractivity contribution in [2.24, 2.45) is 5.41 Å². The monoisotopic (exact) mass is 238 g/mol. The van der Waals surface area contributed by atoms with Crippen LogP contribution in [0.2, 0.25) is 0 Å². The molecule has 0 spiro atoms. The van der Waals surface area contributed by atoms with Gasteiger partial charge in [-0.15, -0.1) is 0 Å². The molecule has 0 radical (unpaired) electrons. The second kappa shape index (κ2) is 5.05. The summed E-state index contributed by atoms with van der Waals surface area (Å²) in [6.07, 6.45) is 2.03. The Hall–Kier alpha value is -1.08. The highest BCUT2D eigenvalue weighted by Crippen LogP contribution is 2.29. The first kappa shape index (κ1) is 14.0. The third kappa shape index (κ3) is 2.78. The molecule has 1 amide bonds. The minimum atomic E-state index is -0.687. The lowest BCUT2D eigenvalue weighted by molar-refractivity contribution is -0.144. The zero-order chi connectivity index (χ0) is 13.1. The molecule has 1 aliphatic rings. The summed E-state index contributed by atoms with van der Waals surface area (Å²) in [6.45, 7) is 7.19. The molecule has 1 saturated heterocycles. The van der Waals surface area contributed by atoms with Crippen LogP contribution in [-0.2, 0) is 9.53 Å². The third-order valence-electron chi connectivity index (χ3n) is 3.92. The molecule has 0 bridgehead atoms. The van der Waals surface area contributed by atoms with Crippen molar-refractivity contribution < 1.29 is 9.53 Å². The van der Waals surface area contributed by atoms with Crippen molar-refractivity contribution in [1.82, 2.24) is 4.90 Å². The Morgan fingerprint density at radius 3 is 2.35 bits per heavy atom. The summed E-state index contributed by atoms with van der Waals surface area (Å²) in [7, 11) is 1.57. The number of hydrogen-bond donors (Lipinski definition) is 0. The van der Waals surface area contributed by atoms with E-state index in [1.165, 1.54) is 0 Å². The fourth-order valence-corrected chi connectivity index (χ4v) is 2.01. The first-order valence-electron chi connectivity index (χ1n) is 6.16. The molecular formula is C13H22N2O2. The van der Waals surface area contributed by atoms with Gasteiger partial charge in [0, 0.05) is 38.5 Å². The van der Waals surface area contributed by atoms with Crippen molar-refractivity contribution in [2.75, 3.05) is 20.2 Å². The van der Waals surface area contributed by atoms with Gasteiger partial charge in [0.25, 0.3) is 0 Å². The van der Waals surface area contributed by atoms with Crippen molar-refractivity contribution in [3.63, 3.8) is 0 Å². The maximum atomic E-state index is 12.2. The number of amides is 1. The van der Waals surface area contributed by atoms with Crippen LogP contribution in [0.15, 0.2) is 0 Å². The maximum absolute atomic E-state index is 12.2. The SMILES string of the molecule is CCC(C)(C)C(=O)N1CCC(C#N)(OC)CC1. The summed E-state index contributed by atoms with van der Waals surface area (Å²) < 4.78 is 5.27. The highest BCUT2D eigenvalue weighted by molar-refractivity contribution is 5.82. The van der Waals surface area contributed by atoms with E-state index >= 15 is 0 Å². The number of rotatable bonds is 3. The molecule has 0 unspecified atom stereocenters. The topological polar surface area (TPSA) is 53.3 Å². The Kier molecular flexibility index (Phi) is 4.16. The summed E-state index contributed by atoms with van der Waals surface area (Å²) in [5.74, 6) is 0.183. The minimum absolute atomic E-state index is 0.183. The molecule has 0 N–H and O–H groups in total. The number of likely N-dealkylation sites (tertiary alicyclic amines) is 1. The van der Waals surface area contributed by atoms with Crippen LogP contribution in [0.25, 0.3) is 0 Å². The summed E-state index contributed by atoms with van der Waals surface area (Å²) in [5, 5.41) is 9.09. The van der Waals surface area contributed by atoms with Gasteiger partial charge in [-0.1, -0.05) is 20.8 Å². The smallest absolute Gasteiger partial charge is 0.228 e. The van der Waals surface area contributed by atoms with Crippen molar-refractivity contribution in [3.8, 4) is 6.07 Å². The van der Waals surface area contributed by atoms with Gasteiger partial charge in [0.2, 0.25) is 5.91 Å². The van der Waals surface area contributed by atoms with Gasteiger partial charge in [-0.2, -0.15) is 5.26 Å². The second-order valence-electron chi connectivity index (χ2n) is 5.34. The molecular weight excluding hydrogens is 216 g/mol. The summed E-state index contributed by atoms with van der Waals surface area (Å²) >= 11 is 0. The zero-order valence-corrected chi connectivity index (χ0v) is 11.2. The zero-order valence-electron chi connectivity index (χ0n) is 11.2. The second-order valence-corrected chi connectivity index (χ2v) is 5.34. The van der Waals surface area contributed by atoms with Crippen LogP contribution in [0.4, 0.5) is 0 Å². The standard InChI is InChI=1S/C13H22N2O2/c1-5-12(2,3)11(16)15-8-6-13(10-14,17-4)7-9-15/h5-9H2,1-4H3. The molecule has 0 aromatic heterocycles. The van der Waals surface area contributed by atoms with Crippen molar-refractivity contribution in [3.05, 3.63) is 0 Å². The third-order valence-corrected chi connectivity index (χ3v) is 3.92. The van der Waals surface area contributed by atoms with Gasteiger partial charge in [-0.25, -0.2) is 0 Å². The number of nitriles is 1. The highest BCUT2D eigenvalue weighted by Gasteiger charge is 2.39. The normalized spacial score (nSPS) is 19.8. The van der Waals surface area contributed by atoms with Crippen LogP contribution in [0.5, 0.6) is 0 Å². The molecule has 0 aliphatic carbocycles. The van der Waals surface area contributed by atoms with Crippen LogP contribution in [0.3, 0.4) is 0 Å². The predicted octanol–water partition coefficient (Wildman–Crippen LogP) is 1.95. The first-order chi connectivity index (χ1) is 7.90. The summed E-state index contributed by atoms with van der Waals surface area (Å²) in [4.78, 5) is 14.1. The van der Waals surface area contributed by atoms with E-state index in [9.17, 15) is 4.79 Å².